The van der Waals surface area contributed by atoms with Crippen LogP contribution in [-0.2, 0) is 12.7 Å². The summed E-state index contributed by atoms with van der Waals surface area (Å²) in [4.78, 5) is 4.64. The van der Waals surface area contributed by atoms with Crippen LogP contribution in [0.25, 0.3) is 0 Å². The average molecular weight is 447 g/mol. The molecule has 6 nitrogen and oxygen atoms in total. The Morgan fingerprint density at radius 3 is 2.88 bits per heavy atom. The van der Waals surface area contributed by atoms with E-state index in [9.17, 15) is 18.3 Å². The van der Waals surface area contributed by atoms with Gasteiger partial charge in [0, 0.05) is 15.5 Å². The van der Waals surface area contributed by atoms with E-state index >= 15 is 0 Å². The zero-order chi connectivity index (χ0) is 18.7. The highest BCUT2D eigenvalue weighted by atomic mass is 79.9. The molecule has 0 aliphatic heterocycles. The summed E-state index contributed by atoms with van der Waals surface area (Å²) in [5.74, 6) is -0.0647. The third-order valence-electron chi connectivity index (χ3n) is 3.09. The number of nitrogens with zero attached hydrogens (tertiary/aromatic N) is 3. The minimum Gasteiger partial charge on any atom is -0.846 e. The molecule has 0 radical (unpaired) electrons. The number of amidine groups is 1. The molecule has 0 aliphatic carbocycles. The van der Waals surface area contributed by atoms with Gasteiger partial charge in [-0.1, -0.05) is 6.07 Å². The van der Waals surface area contributed by atoms with Gasteiger partial charge < -0.3 is 10.4 Å². The molecule has 0 bridgehead atoms. The Bertz CT molecular complexity index is 939. The summed E-state index contributed by atoms with van der Waals surface area (Å²) < 4.78 is 45.3. The number of aromatic nitrogens is 2. The molecule has 0 spiro atoms. The molecule has 3 rings (SSSR count). The van der Waals surface area contributed by atoms with E-state index in [1.807, 2.05) is 11.4 Å². The van der Waals surface area contributed by atoms with Gasteiger partial charge in [0.25, 0.3) is 6.20 Å². The quantitative estimate of drug-likeness (QED) is 0.378. The molecule has 0 saturated carbocycles. The third-order valence-corrected chi connectivity index (χ3v) is 4.77. The maximum atomic E-state index is 12.7. The molecule has 2 aromatic heterocycles. The highest BCUT2D eigenvalue weighted by Crippen LogP contribution is 2.30. The summed E-state index contributed by atoms with van der Waals surface area (Å²) in [6.07, 6.45) is -3.08. The second-order valence-corrected chi connectivity index (χ2v) is 7.00. The van der Waals surface area contributed by atoms with Gasteiger partial charge >= 0.3 is 12.1 Å². The normalized spacial score (nSPS) is 12.4. The van der Waals surface area contributed by atoms with Gasteiger partial charge in [-0.15, -0.1) is 11.3 Å². The van der Waals surface area contributed by atoms with Crippen molar-refractivity contribution in [3.05, 3.63) is 56.8 Å². The zero-order valence-corrected chi connectivity index (χ0v) is 15.2. The molecule has 0 unspecified atom stereocenters. The Morgan fingerprint density at radius 2 is 2.19 bits per heavy atom. The van der Waals surface area contributed by atoms with Crippen molar-refractivity contribution in [2.24, 2.45) is 4.99 Å². The lowest BCUT2D eigenvalue weighted by Gasteiger charge is -2.14. The van der Waals surface area contributed by atoms with E-state index in [-0.39, 0.29) is 11.6 Å². The number of anilines is 1. The van der Waals surface area contributed by atoms with Gasteiger partial charge in [-0.25, -0.2) is 4.99 Å². The van der Waals surface area contributed by atoms with Gasteiger partial charge in [0.1, 0.15) is 0 Å². The molecule has 0 atom stereocenters. The minimum absolute atomic E-state index is 0.0237. The van der Waals surface area contributed by atoms with Crippen LogP contribution < -0.4 is 15.1 Å². The van der Waals surface area contributed by atoms with Crippen molar-refractivity contribution in [2.75, 3.05) is 5.32 Å². The minimum atomic E-state index is -4.49. The van der Waals surface area contributed by atoms with Crippen molar-refractivity contribution < 1.29 is 27.5 Å². The first-order chi connectivity index (χ1) is 12.3. The van der Waals surface area contributed by atoms with Gasteiger partial charge in [-0.2, -0.15) is 13.2 Å². The van der Waals surface area contributed by atoms with Crippen molar-refractivity contribution in [3.63, 3.8) is 0 Å². The number of thiophene rings is 1. The summed E-state index contributed by atoms with van der Waals surface area (Å²) in [6.45, 7) is 0.435. The van der Waals surface area contributed by atoms with Crippen LogP contribution in [0.3, 0.4) is 0 Å². The summed E-state index contributed by atoms with van der Waals surface area (Å²) in [6, 6.07) is 5.31. The van der Waals surface area contributed by atoms with E-state index in [0.717, 1.165) is 21.5 Å². The molecule has 1 N–H and O–H groups in total. The first-order valence-electron chi connectivity index (χ1n) is 7.09. The predicted molar refractivity (Wildman–Crippen MR) is 90.0 cm³/mol. The lowest BCUT2D eigenvalue weighted by atomic mass is 10.2. The molecule has 0 fully saturated rings. The second-order valence-electron chi connectivity index (χ2n) is 5.09. The lowest BCUT2D eigenvalue weighted by molar-refractivity contribution is -0.754. The summed E-state index contributed by atoms with van der Waals surface area (Å²) in [7, 11) is 0. The van der Waals surface area contributed by atoms with Crippen LogP contribution in [0.15, 0.2) is 55.9 Å². The highest BCUT2D eigenvalue weighted by molar-refractivity contribution is 9.10. The van der Waals surface area contributed by atoms with Crippen molar-refractivity contribution in [3.8, 4) is 0 Å². The number of nitrogens with one attached hydrogen (secondary N) is 1. The Balaban J connectivity index is 1.68. The number of halogens is 4. The largest absolute Gasteiger partial charge is 0.846 e. The van der Waals surface area contributed by atoms with Gasteiger partial charge in [0.2, 0.25) is 11.8 Å². The van der Waals surface area contributed by atoms with Crippen molar-refractivity contribution in [1.82, 2.24) is 5.27 Å². The Morgan fingerprint density at radius 1 is 1.38 bits per heavy atom. The fourth-order valence-electron chi connectivity index (χ4n) is 2.01. The number of benzene rings is 1. The van der Waals surface area contributed by atoms with Gasteiger partial charge in [-0.05, 0) is 44.9 Å². The number of alkyl halides is 3. The number of hydrogen-bond donors (Lipinski definition) is 1. The molecule has 0 saturated heterocycles. The molecule has 0 aliphatic rings. The predicted octanol–water partition coefficient (Wildman–Crippen LogP) is 3.31. The first-order valence-corrected chi connectivity index (χ1v) is 8.76. The Labute approximate surface area is 157 Å². The van der Waals surface area contributed by atoms with E-state index in [1.165, 1.54) is 34.3 Å². The molecular weight excluding hydrogens is 437 g/mol. The van der Waals surface area contributed by atoms with Crippen LogP contribution in [0.4, 0.5) is 24.7 Å². The smallest absolute Gasteiger partial charge is 0.416 e. The number of aliphatic imine (C=N–C) groups is 1. The second kappa shape index (κ2) is 7.46. The van der Waals surface area contributed by atoms with Crippen molar-refractivity contribution in [1.29, 1.82) is 0 Å². The standard InChI is InChI=1S/C15H10BrF3N4O2S/c16-10-5-12(26-8-10)6-23-7-13(25-22-23)21-14(24)20-11-3-1-2-9(4-11)15(17,18)19/h1-5,7-8H,6H2,(H-,20,21,22,24). The van der Waals surface area contributed by atoms with Crippen LogP contribution in [0.5, 0.6) is 0 Å². The van der Waals surface area contributed by atoms with Crippen LogP contribution in [-0.4, -0.2) is 11.3 Å². The fourth-order valence-corrected chi connectivity index (χ4v) is 3.46. The number of hydrogen-bond acceptors (Lipinski definition) is 5. The summed E-state index contributed by atoms with van der Waals surface area (Å²) >= 11 is 4.87. The van der Waals surface area contributed by atoms with Crippen molar-refractivity contribution >= 4 is 44.9 Å². The fraction of sp³-hybridized carbons (Fsp3) is 0.133. The van der Waals surface area contributed by atoms with Gasteiger partial charge in [-0.3, -0.25) is 4.52 Å². The Kier molecular flexibility index (Phi) is 5.28. The highest BCUT2D eigenvalue weighted by Gasteiger charge is 2.30. The van der Waals surface area contributed by atoms with Crippen molar-refractivity contribution in [2.45, 2.75) is 12.7 Å². The lowest BCUT2D eigenvalue weighted by Crippen LogP contribution is -2.34. The third kappa shape index (κ3) is 4.82. The van der Waals surface area contributed by atoms with E-state index < -0.39 is 17.8 Å². The number of rotatable bonds is 4. The Hall–Kier alpha value is -2.40. The first kappa shape index (κ1) is 18.4. The maximum absolute atomic E-state index is 12.7. The molecule has 2 heterocycles. The molecule has 136 valence electrons. The maximum Gasteiger partial charge on any atom is 0.416 e. The van der Waals surface area contributed by atoms with E-state index in [0.29, 0.717) is 6.54 Å². The van der Waals surface area contributed by atoms with Crippen LogP contribution in [0.1, 0.15) is 10.4 Å². The van der Waals surface area contributed by atoms with E-state index in [2.05, 4.69) is 31.5 Å². The topological polar surface area (TPSA) is 77.4 Å². The van der Waals surface area contributed by atoms with Crippen LogP contribution in [0, 0.1) is 0 Å². The monoisotopic (exact) mass is 446 g/mol. The molecule has 3 aromatic rings. The van der Waals surface area contributed by atoms with E-state index in [1.54, 1.807) is 0 Å². The molecule has 26 heavy (non-hydrogen) atoms. The molecular formula is C15H10BrF3N4O2S. The van der Waals surface area contributed by atoms with Gasteiger partial charge in [0.05, 0.1) is 16.5 Å². The van der Waals surface area contributed by atoms with Crippen LogP contribution >= 0.6 is 27.3 Å². The molecule has 0 amide bonds. The molecule has 1 aromatic carbocycles. The summed E-state index contributed by atoms with van der Waals surface area (Å²) in [5.41, 5.74) is -0.890. The molecule has 11 heteroatoms. The zero-order valence-electron chi connectivity index (χ0n) is 12.8. The SMILES string of the molecule is [O-]/C(=N\c1c[n+](Cc2cc(Br)cs2)no1)Nc1cccc(C(F)(F)F)c1. The van der Waals surface area contributed by atoms with Crippen LogP contribution in [0.2, 0.25) is 0 Å². The average Bonchev–Trinajstić information content (AvgIpc) is 3.16. The van der Waals surface area contributed by atoms with Gasteiger partial charge in [0.15, 0.2) is 0 Å². The summed E-state index contributed by atoms with van der Waals surface area (Å²) in [5, 5.41) is 19.8. The van der Waals surface area contributed by atoms with E-state index in [4.69, 9.17) is 4.52 Å².